The van der Waals surface area contributed by atoms with Crippen LogP contribution >= 0.6 is 15.9 Å². The summed E-state index contributed by atoms with van der Waals surface area (Å²) in [6.07, 6.45) is 0. The number of hydrogen-bond donors (Lipinski definition) is 1. The highest BCUT2D eigenvalue weighted by atomic mass is 79.9. The van der Waals surface area contributed by atoms with Gasteiger partial charge in [0.05, 0.1) is 5.56 Å². The van der Waals surface area contributed by atoms with Crippen LogP contribution in [-0.4, -0.2) is 11.1 Å². The van der Waals surface area contributed by atoms with Crippen molar-refractivity contribution in [3.05, 3.63) is 69.7 Å². The number of carboxylic acids is 1. The van der Waals surface area contributed by atoms with E-state index in [1.807, 2.05) is 43.3 Å². The smallest absolute Gasteiger partial charge is 0.335 e. The van der Waals surface area contributed by atoms with Crippen molar-refractivity contribution in [2.24, 2.45) is 0 Å². The maximum Gasteiger partial charge on any atom is 0.335 e. The quantitative estimate of drug-likeness (QED) is 0.918. The SMILES string of the molecule is C[C@@H](c1ccc(Br)cc1)c1ccccc1C(=O)O. The number of hydrogen-bond acceptors (Lipinski definition) is 1. The molecule has 0 unspecified atom stereocenters. The molecular weight excluding hydrogens is 292 g/mol. The van der Waals surface area contributed by atoms with Crippen molar-refractivity contribution in [2.45, 2.75) is 12.8 Å². The van der Waals surface area contributed by atoms with Gasteiger partial charge in [-0.1, -0.05) is 53.2 Å². The molecule has 3 heteroatoms. The summed E-state index contributed by atoms with van der Waals surface area (Å²) in [4.78, 5) is 11.2. The molecule has 0 radical (unpaired) electrons. The second-order valence-electron chi connectivity index (χ2n) is 4.17. The molecule has 0 spiro atoms. The lowest BCUT2D eigenvalue weighted by molar-refractivity contribution is 0.0695. The van der Waals surface area contributed by atoms with Crippen molar-refractivity contribution in [1.82, 2.24) is 0 Å². The molecule has 0 fully saturated rings. The van der Waals surface area contributed by atoms with Crippen LogP contribution in [0.5, 0.6) is 0 Å². The zero-order valence-corrected chi connectivity index (χ0v) is 11.5. The van der Waals surface area contributed by atoms with E-state index < -0.39 is 5.97 Å². The van der Waals surface area contributed by atoms with E-state index in [0.29, 0.717) is 5.56 Å². The summed E-state index contributed by atoms with van der Waals surface area (Å²) in [5, 5.41) is 9.20. The van der Waals surface area contributed by atoms with E-state index in [2.05, 4.69) is 15.9 Å². The molecule has 0 aromatic heterocycles. The molecule has 2 nitrogen and oxygen atoms in total. The average Bonchev–Trinajstić information content (AvgIpc) is 2.39. The van der Waals surface area contributed by atoms with Crippen LogP contribution < -0.4 is 0 Å². The van der Waals surface area contributed by atoms with E-state index in [9.17, 15) is 9.90 Å². The highest BCUT2D eigenvalue weighted by molar-refractivity contribution is 9.10. The van der Waals surface area contributed by atoms with Crippen LogP contribution in [0.4, 0.5) is 0 Å². The Bertz CT molecular complexity index is 561. The summed E-state index contributed by atoms with van der Waals surface area (Å²) < 4.78 is 1.02. The van der Waals surface area contributed by atoms with Crippen LogP contribution in [0.15, 0.2) is 53.0 Å². The highest BCUT2D eigenvalue weighted by Gasteiger charge is 2.16. The Hall–Kier alpha value is -1.61. The third-order valence-corrected chi connectivity index (χ3v) is 3.56. The Morgan fingerprint density at radius 1 is 1.11 bits per heavy atom. The Labute approximate surface area is 114 Å². The molecule has 1 atom stereocenters. The lowest BCUT2D eigenvalue weighted by Crippen LogP contribution is -2.06. The van der Waals surface area contributed by atoms with Gasteiger partial charge in [-0.05, 0) is 29.3 Å². The minimum absolute atomic E-state index is 0.0606. The molecular formula is C15H13BrO2. The fraction of sp³-hybridized carbons (Fsp3) is 0.133. The van der Waals surface area contributed by atoms with Gasteiger partial charge in [0, 0.05) is 10.4 Å². The third kappa shape index (κ3) is 2.62. The largest absolute Gasteiger partial charge is 0.478 e. The van der Waals surface area contributed by atoms with E-state index in [-0.39, 0.29) is 5.92 Å². The molecule has 0 amide bonds. The van der Waals surface area contributed by atoms with Gasteiger partial charge in [0.2, 0.25) is 0 Å². The number of aromatic carboxylic acids is 1. The van der Waals surface area contributed by atoms with Crippen molar-refractivity contribution >= 4 is 21.9 Å². The summed E-state index contributed by atoms with van der Waals surface area (Å²) in [6.45, 7) is 2.02. The topological polar surface area (TPSA) is 37.3 Å². The van der Waals surface area contributed by atoms with Gasteiger partial charge in [0.1, 0.15) is 0 Å². The molecule has 0 aliphatic heterocycles. The predicted molar refractivity (Wildman–Crippen MR) is 75.1 cm³/mol. The molecule has 92 valence electrons. The first-order valence-electron chi connectivity index (χ1n) is 5.67. The van der Waals surface area contributed by atoms with Crippen molar-refractivity contribution < 1.29 is 9.90 Å². The van der Waals surface area contributed by atoms with E-state index in [1.165, 1.54) is 0 Å². The predicted octanol–water partition coefficient (Wildman–Crippen LogP) is 4.30. The summed E-state index contributed by atoms with van der Waals surface area (Å²) in [5.41, 5.74) is 2.31. The monoisotopic (exact) mass is 304 g/mol. The fourth-order valence-corrected chi connectivity index (χ4v) is 2.26. The van der Waals surface area contributed by atoms with Gasteiger partial charge >= 0.3 is 5.97 Å². The van der Waals surface area contributed by atoms with Crippen LogP contribution in [-0.2, 0) is 0 Å². The maximum absolute atomic E-state index is 11.2. The highest BCUT2D eigenvalue weighted by Crippen LogP contribution is 2.27. The lowest BCUT2D eigenvalue weighted by Gasteiger charge is -2.15. The van der Waals surface area contributed by atoms with E-state index in [1.54, 1.807) is 12.1 Å². The number of carbonyl (C=O) groups is 1. The van der Waals surface area contributed by atoms with E-state index >= 15 is 0 Å². The van der Waals surface area contributed by atoms with Gasteiger partial charge in [-0.3, -0.25) is 0 Å². The number of rotatable bonds is 3. The molecule has 2 rings (SSSR count). The number of halogens is 1. The van der Waals surface area contributed by atoms with E-state index in [0.717, 1.165) is 15.6 Å². The minimum Gasteiger partial charge on any atom is -0.478 e. The first-order valence-corrected chi connectivity index (χ1v) is 6.46. The zero-order chi connectivity index (χ0) is 13.1. The van der Waals surface area contributed by atoms with Crippen molar-refractivity contribution in [2.75, 3.05) is 0 Å². The van der Waals surface area contributed by atoms with Crippen molar-refractivity contribution in [3.63, 3.8) is 0 Å². The molecule has 0 aliphatic rings. The Morgan fingerprint density at radius 3 is 2.33 bits per heavy atom. The zero-order valence-electron chi connectivity index (χ0n) is 9.93. The van der Waals surface area contributed by atoms with Gasteiger partial charge in [0.25, 0.3) is 0 Å². The molecule has 0 aliphatic carbocycles. The van der Waals surface area contributed by atoms with Crippen molar-refractivity contribution in [3.8, 4) is 0 Å². The average molecular weight is 305 g/mol. The summed E-state index contributed by atoms with van der Waals surface area (Å²) in [7, 11) is 0. The minimum atomic E-state index is -0.880. The normalized spacial score (nSPS) is 12.1. The van der Waals surface area contributed by atoms with Crippen LogP contribution in [0.25, 0.3) is 0 Å². The van der Waals surface area contributed by atoms with Gasteiger partial charge in [-0.15, -0.1) is 0 Å². The second-order valence-corrected chi connectivity index (χ2v) is 5.08. The summed E-state index contributed by atoms with van der Waals surface area (Å²) in [6, 6.07) is 15.1. The Morgan fingerprint density at radius 2 is 1.72 bits per heavy atom. The lowest BCUT2D eigenvalue weighted by atomic mass is 9.90. The first kappa shape index (κ1) is 12.8. The third-order valence-electron chi connectivity index (χ3n) is 3.03. The first-order chi connectivity index (χ1) is 8.59. The van der Waals surface area contributed by atoms with Crippen LogP contribution in [0.1, 0.15) is 34.3 Å². The summed E-state index contributed by atoms with van der Waals surface area (Å²) in [5.74, 6) is -0.819. The van der Waals surface area contributed by atoms with Crippen LogP contribution in [0.2, 0.25) is 0 Å². The molecule has 1 N–H and O–H groups in total. The number of carboxylic acid groups (broad SMARTS) is 1. The molecule has 0 bridgehead atoms. The van der Waals surface area contributed by atoms with Gasteiger partial charge in [0.15, 0.2) is 0 Å². The standard InChI is InChI=1S/C15H13BrO2/c1-10(11-6-8-12(16)9-7-11)13-4-2-3-5-14(13)15(17)18/h2-10H,1H3,(H,17,18)/t10-/m0/s1. The Kier molecular flexibility index (Phi) is 3.82. The second kappa shape index (κ2) is 5.36. The van der Waals surface area contributed by atoms with Crippen LogP contribution in [0, 0.1) is 0 Å². The summed E-state index contributed by atoms with van der Waals surface area (Å²) >= 11 is 3.39. The van der Waals surface area contributed by atoms with E-state index in [4.69, 9.17) is 0 Å². The van der Waals surface area contributed by atoms with Crippen LogP contribution in [0.3, 0.4) is 0 Å². The molecule has 18 heavy (non-hydrogen) atoms. The Balaban J connectivity index is 2.42. The van der Waals surface area contributed by atoms with Gasteiger partial charge in [-0.2, -0.15) is 0 Å². The molecule has 0 saturated heterocycles. The van der Waals surface area contributed by atoms with Gasteiger partial charge in [-0.25, -0.2) is 4.79 Å². The molecule has 0 heterocycles. The fourth-order valence-electron chi connectivity index (χ4n) is 2.00. The van der Waals surface area contributed by atoms with Crippen molar-refractivity contribution in [1.29, 1.82) is 0 Å². The maximum atomic E-state index is 11.2. The molecule has 2 aromatic rings. The van der Waals surface area contributed by atoms with Gasteiger partial charge < -0.3 is 5.11 Å². The number of benzene rings is 2. The molecule has 0 saturated carbocycles. The molecule has 2 aromatic carbocycles.